The van der Waals surface area contributed by atoms with Crippen molar-refractivity contribution in [2.45, 2.75) is 46.6 Å². The van der Waals surface area contributed by atoms with Gasteiger partial charge in [0.05, 0.1) is 12.2 Å². The average Bonchev–Trinajstić information content (AvgIpc) is 2.41. The Morgan fingerprint density at radius 1 is 1.20 bits per heavy atom. The van der Waals surface area contributed by atoms with Crippen LogP contribution in [0.4, 0.5) is 0 Å². The molecule has 0 aliphatic heterocycles. The van der Waals surface area contributed by atoms with Gasteiger partial charge in [0, 0.05) is 0 Å². The highest BCUT2D eigenvalue weighted by molar-refractivity contribution is 5.91. The molecule has 0 heterocycles. The number of unbranched alkanes of at least 4 members (excludes halogenated alkanes) is 1. The van der Waals surface area contributed by atoms with E-state index in [4.69, 9.17) is 9.47 Å². The normalized spacial score (nSPS) is 11.8. The minimum absolute atomic E-state index is 0.362. The third kappa shape index (κ3) is 4.68. The van der Waals surface area contributed by atoms with E-state index in [1.807, 2.05) is 26.8 Å². The van der Waals surface area contributed by atoms with Crippen molar-refractivity contribution >= 4 is 11.9 Å². The number of esters is 2. The summed E-state index contributed by atoms with van der Waals surface area (Å²) in [5.41, 5.74) is 2.56. The third-order valence-electron chi connectivity index (χ3n) is 3.10. The first kappa shape index (κ1) is 16.2. The van der Waals surface area contributed by atoms with E-state index in [0.29, 0.717) is 12.2 Å². The fourth-order valence-corrected chi connectivity index (χ4v) is 1.58. The van der Waals surface area contributed by atoms with Crippen molar-refractivity contribution in [2.24, 2.45) is 0 Å². The summed E-state index contributed by atoms with van der Waals surface area (Å²) in [5.74, 6) is -1.01. The van der Waals surface area contributed by atoms with E-state index in [0.717, 1.165) is 24.0 Å². The van der Waals surface area contributed by atoms with Crippen molar-refractivity contribution in [2.75, 3.05) is 6.61 Å². The second-order valence-electron chi connectivity index (χ2n) is 4.87. The zero-order valence-electron chi connectivity index (χ0n) is 12.6. The molecule has 4 nitrogen and oxygen atoms in total. The van der Waals surface area contributed by atoms with Crippen LogP contribution in [0.5, 0.6) is 0 Å². The Morgan fingerprint density at radius 3 is 2.50 bits per heavy atom. The highest BCUT2D eigenvalue weighted by Crippen LogP contribution is 2.12. The van der Waals surface area contributed by atoms with Crippen molar-refractivity contribution in [1.29, 1.82) is 0 Å². The topological polar surface area (TPSA) is 52.6 Å². The van der Waals surface area contributed by atoms with Crippen LogP contribution in [0.1, 0.15) is 48.2 Å². The minimum Gasteiger partial charge on any atom is -0.463 e. The van der Waals surface area contributed by atoms with Gasteiger partial charge in [-0.3, -0.25) is 0 Å². The number of rotatable bonds is 6. The van der Waals surface area contributed by atoms with Crippen LogP contribution < -0.4 is 0 Å². The smallest absolute Gasteiger partial charge is 0.347 e. The van der Waals surface area contributed by atoms with Gasteiger partial charge in [0.15, 0.2) is 6.10 Å². The van der Waals surface area contributed by atoms with Crippen LogP contribution >= 0.6 is 0 Å². The predicted octanol–water partition coefficient (Wildman–Crippen LogP) is 3.19. The Hall–Kier alpha value is -1.84. The van der Waals surface area contributed by atoms with Crippen molar-refractivity contribution in [1.82, 2.24) is 0 Å². The second kappa shape index (κ2) is 7.68. The predicted molar refractivity (Wildman–Crippen MR) is 76.7 cm³/mol. The summed E-state index contributed by atoms with van der Waals surface area (Å²) in [7, 11) is 0. The van der Waals surface area contributed by atoms with Gasteiger partial charge in [-0.2, -0.15) is 0 Å². The van der Waals surface area contributed by atoms with Gasteiger partial charge in [-0.15, -0.1) is 0 Å². The monoisotopic (exact) mass is 278 g/mol. The maximum Gasteiger partial charge on any atom is 0.347 e. The Labute approximate surface area is 120 Å². The lowest BCUT2D eigenvalue weighted by molar-refractivity contribution is -0.153. The number of carbonyl (C=O) groups is 2. The Balaban J connectivity index is 2.56. The number of aryl methyl sites for hydroxylation is 2. The molecule has 1 atom stereocenters. The van der Waals surface area contributed by atoms with Gasteiger partial charge in [0.25, 0.3) is 0 Å². The lowest BCUT2D eigenvalue weighted by Crippen LogP contribution is -2.26. The lowest BCUT2D eigenvalue weighted by atomic mass is 10.1. The van der Waals surface area contributed by atoms with Gasteiger partial charge >= 0.3 is 11.9 Å². The standard InChI is InChI=1S/C16H22O4/c1-5-6-9-19-15(17)13(4)20-16(18)14-8-7-11(2)12(3)10-14/h7-8,10,13H,5-6,9H2,1-4H3/t13-/m1/s1. The molecule has 0 aliphatic carbocycles. The van der Waals surface area contributed by atoms with Gasteiger partial charge in [-0.1, -0.05) is 19.4 Å². The van der Waals surface area contributed by atoms with Crippen molar-refractivity contribution in [3.05, 3.63) is 34.9 Å². The molecule has 4 heteroatoms. The summed E-state index contributed by atoms with van der Waals surface area (Å²) in [5, 5.41) is 0. The number of hydrogen-bond donors (Lipinski definition) is 0. The van der Waals surface area contributed by atoms with Gasteiger partial charge in [0.2, 0.25) is 0 Å². The number of hydrogen-bond acceptors (Lipinski definition) is 4. The Bertz CT molecular complexity index is 479. The maximum absolute atomic E-state index is 11.9. The van der Waals surface area contributed by atoms with Gasteiger partial charge in [-0.05, 0) is 50.5 Å². The molecule has 0 bridgehead atoms. The first-order valence-corrected chi connectivity index (χ1v) is 6.90. The van der Waals surface area contributed by atoms with E-state index in [2.05, 4.69) is 0 Å². The van der Waals surface area contributed by atoms with Crippen LogP contribution in [0.2, 0.25) is 0 Å². The Kier molecular flexibility index (Phi) is 6.22. The van der Waals surface area contributed by atoms with E-state index >= 15 is 0 Å². The molecule has 0 spiro atoms. The number of ether oxygens (including phenoxy) is 2. The van der Waals surface area contributed by atoms with E-state index in [1.54, 1.807) is 12.1 Å². The van der Waals surface area contributed by atoms with E-state index < -0.39 is 18.0 Å². The third-order valence-corrected chi connectivity index (χ3v) is 3.10. The molecule has 0 N–H and O–H groups in total. The van der Waals surface area contributed by atoms with E-state index in [-0.39, 0.29) is 0 Å². The fraction of sp³-hybridized carbons (Fsp3) is 0.500. The van der Waals surface area contributed by atoms with E-state index in [1.165, 1.54) is 6.92 Å². The molecule has 0 fully saturated rings. The molecular formula is C16H22O4. The molecule has 0 unspecified atom stereocenters. The van der Waals surface area contributed by atoms with Crippen LogP contribution in [-0.4, -0.2) is 24.6 Å². The zero-order valence-corrected chi connectivity index (χ0v) is 12.6. The lowest BCUT2D eigenvalue weighted by Gasteiger charge is -2.13. The molecule has 0 saturated heterocycles. The summed E-state index contributed by atoms with van der Waals surface area (Å²) >= 11 is 0. The second-order valence-corrected chi connectivity index (χ2v) is 4.87. The minimum atomic E-state index is -0.888. The molecular weight excluding hydrogens is 256 g/mol. The van der Waals surface area contributed by atoms with Crippen LogP contribution in [0.3, 0.4) is 0 Å². The van der Waals surface area contributed by atoms with Crippen LogP contribution in [0, 0.1) is 13.8 Å². The number of benzene rings is 1. The molecule has 0 aliphatic rings. The summed E-state index contributed by atoms with van der Waals surface area (Å²) in [4.78, 5) is 23.5. The molecule has 0 saturated carbocycles. The number of carbonyl (C=O) groups excluding carboxylic acids is 2. The van der Waals surface area contributed by atoms with Crippen molar-refractivity contribution in [3.8, 4) is 0 Å². The molecule has 110 valence electrons. The van der Waals surface area contributed by atoms with Crippen LogP contribution in [0.15, 0.2) is 18.2 Å². The highest BCUT2D eigenvalue weighted by Gasteiger charge is 2.20. The molecule has 20 heavy (non-hydrogen) atoms. The Morgan fingerprint density at radius 2 is 1.90 bits per heavy atom. The first-order valence-electron chi connectivity index (χ1n) is 6.90. The fourth-order valence-electron chi connectivity index (χ4n) is 1.58. The molecule has 1 aromatic carbocycles. The van der Waals surface area contributed by atoms with E-state index in [9.17, 15) is 9.59 Å². The molecule has 1 rings (SSSR count). The van der Waals surface area contributed by atoms with Crippen LogP contribution in [0.25, 0.3) is 0 Å². The van der Waals surface area contributed by atoms with Crippen molar-refractivity contribution < 1.29 is 19.1 Å². The zero-order chi connectivity index (χ0) is 15.1. The van der Waals surface area contributed by atoms with Gasteiger partial charge in [0.1, 0.15) is 0 Å². The molecule has 1 aromatic rings. The summed E-state index contributed by atoms with van der Waals surface area (Å²) < 4.78 is 10.1. The molecule has 0 radical (unpaired) electrons. The summed E-state index contributed by atoms with van der Waals surface area (Å²) in [6, 6.07) is 5.31. The summed E-state index contributed by atoms with van der Waals surface area (Å²) in [6.45, 7) is 7.79. The maximum atomic E-state index is 11.9. The largest absolute Gasteiger partial charge is 0.463 e. The average molecular weight is 278 g/mol. The van der Waals surface area contributed by atoms with Crippen LogP contribution in [-0.2, 0) is 14.3 Å². The van der Waals surface area contributed by atoms with Gasteiger partial charge < -0.3 is 9.47 Å². The quantitative estimate of drug-likeness (QED) is 0.592. The first-order chi connectivity index (χ1) is 9.45. The summed E-state index contributed by atoms with van der Waals surface area (Å²) in [6.07, 6.45) is 0.870. The van der Waals surface area contributed by atoms with Crippen molar-refractivity contribution in [3.63, 3.8) is 0 Å². The molecule has 0 aromatic heterocycles. The molecule has 0 amide bonds. The SMILES string of the molecule is CCCCOC(=O)[C@@H](C)OC(=O)c1ccc(C)c(C)c1. The van der Waals surface area contributed by atoms with Gasteiger partial charge in [-0.25, -0.2) is 9.59 Å². The highest BCUT2D eigenvalue weighted by atomic mass is 16.6.